The van der Waals surface area contributed by atoms with Crippen LogP contribution in [0.4, 0.5) is 0 Å². The molecule has 0 aromatic heterocycles. The number of amides is 1. The van der Waals surface area contributed by atoms with Gasteiger partial charge in [0.15, 0.2) is 0 Å². The normalized spacial score (nSPS) is 30.7. The van der Waals surface area contributed by atoms with Crippen molar-refractivity contribution in [3.63, 3.8) is 0 Å². The Kier molecular flexibility index (Phi) is 5.06. The maximum absolute atomic E-state index is 12.7. The van der Waals surface area contributed by atoms with Crippen molar-refractivity contribution in [2.45, 2.75) is 31.9 Å². The molecule has 136 valence electrons. The molecule has 3 saturated heterocycles. The van der Waals surface area contributed by atoms with Crippen LogP contribution in [-0.4, -0.2) is 67.8 Å². The van der Waals surface area contributed by atoms with Gasteiger partial charge < -0.3 is 14.4 Å². The van der Waals surface area contributed by atoms with Crippen LogP contribution < -0.4 is 0 Å². The van der Waals surface area contributed by atoms with Crippen LogP contribution in [0.5, 0.6) is 0 Å². The first-order valence-electron chi connectivity index (χ1n) is 9.49. The van der Waals surface area contributed by atoms with Gasteiger partial charge in [-0.05, 0) is 31.4 Å². The molecule has 5 nitrogen and oxygen atoms in total. The predicted molar refractivity (Wildman–Crippen MR) is 95.1 cm³/mol. The van der Waals surface area contributed by atoms with E-state index in [0.717, 1.165) is 32.7 Å². The fraction of sp³-hybridized carbons (Fsp3) is 0.650. The number of carbonyl (C=O) groups is 1. The van der Waals surface area contributed by atoms with Gasteiger partial charge in [-0.1, -0.05) is 30.3 Å². The molecule has 1 amide bonds. The summed E-state index contributed by atoms with van der Waals surface area (Å²) in [6.45, 7) is 6.58. The Bertz CT molecular complexity index is 588. The standard InChI is InChI=1S/C20H28N2O3/c23-19(22-9-11-24-12-10-22)18-13-20(16-25-18)7-4-8-21(15-20)14-17-5-2-1-3-6-17/h1-3,5-6,18H,4,7-16H2. The first-order valence-corrected chi connectivity index (χ1v) is 9.49. The zero-order valence-electron chi connectivity index (χ0n) is 14.9. The lowest BCUT2D eigenvalue weighted by atomic mass is 9.78. The Morgan fingerprint density at radius 2 is 1.96 bits per heavy atom. The van der Waals surface area contributed by atoms with E-state index in [-0.39, 0.29) is 17.4 Å². The molecule has 3 aliphatic heterocycles. The molecule has 5 heteroatoms. The smallest absolute Gasteiger partial charge is 0.251 e. The first-order chi connectivity index (χ1) is 12.2. The molecular weight excluding hydrogens is 316 g/mol. The number of piperidine rings is 1. The largest absolute Gasteiger partial charge is 0.378 e. The van der Waals surface area contributed by atoms with Crippen LogP contribution in [0.1, 0.15) is 24.8 Å². The van der Waals surface area contributed by atoms with E-state index in [0.29, 0.717) is 26.3 Å². The van der Waals surface area contributed by atoms with Crippen molar-refractivity contribution in [2.24, 2.45) is 5.41 Å². The molecule has 0 radical (unpaired) electrons. The molecule has 0 N–H and O–H groups in total. The third-order valence-corrected chi connectivity index (χ3v) is 5.80. The number of rotatable bonds is 3. The SMILES string of the molecule is O=C(C1CC2(CCCN(Cc3ccccc3)C2)CO1)N1CCOCC1. The molecule has 0 aliphatic carbocycles. The number of hydrogen-bond donors (Lipinski definition) is 0. The number of nitrogens with zero attached hydrogens (tertiary/aromatic N) is 2. The van der Waals surface area contributed by atoms with Crippen molar-refractivity contribution in [1.82, 2.24) is 9.80 Å². The quantitative estimate of drug-likeness (QED) is 0.840. The van der Waals surface area contributed by atoms with E-state index in [1.54, 1.807) is 0 Å². The average Bonchev–Trinajstić information content (AvgIpc) is 3.06. The number of ether oxygens (including phenoxy) is 2. The van der Waals surface area contributed by atoms with Gasteiger partial charge in [0, 0.05) is 31.6 Å². The summed E-state index contributed by atoms with van der Waals surface area (Å²) in [5.41, 5.74) is 1.51. The second-order valence-corrected chi connectivity index (χ2v) is 7.74. The van der Waals surface area contributed by atoms with Gasteiger partial charge in [0.05, 0.1) is 19.8 Å². The summed E-state index contributed by atoms with van der Waals surface area (Å²) in [7, 11) is 0. The lowest BCUT2D eigenvalue weighted by Crippen LogP contribution is -2.46. The Balaban J connectivity index is 1.36. The Hall–Kier alpha value is -1.43. The minimum atomic E-state index is -0.255. The van der Waals surface area contributed by atoms with E-state index in [4.69, 9.17) is 9.47 Å². The number of benzene rings is 1. The lowest BCUT2D eigenvalue weighted by Gasteiger charge is -2.39. The van der Waals surface area contributed by atoms with Gasteiger partial charge in [0.1, 0.15) is 6.10 Å². The number of morpholine rings is 1. The third kappa shape index (κ3) is 3.89. The Morgan fingerprint density at radius 1 is 1.16 bits per heavy atom. The highest BCUT2D eigenvalue weighted by molar-refractivity contribution is 5.81. The maximum atomic E-state index is 12.7. The van der Waals surface area contributed by atoms with Gasteiger partial charge in [-0.15, -0.1) is 0 Å². The van der Waals surface area contributed by atoms with Crippen LogP contribution in [-0.2, 0) is 20.8 Å². The molecule has 0 saturated carbocycles. The highest BCUT2D eigenvalue weighted by Gasteiger charge is 2.46. The minimum absolute atomic E-state index is 0.152. The summed E-state index contributed by atoms with van der Waals surface area (Å²) < 4.78 is 11.4. The monoisotopic (exact) mass is 344 g/mol. The van der Waals surface area contributed by atoms with Crippen molar-refractivity contribution in [2.75, 3.05) is 46.0 Å². The fourth-order valence-electron chi connectivity index (χ4n) is 4.51. The summed E-state index contributed by atoms with van der Waals surface area (Å²) in [6, 6.07) is 10.7. The van der Waals surface area contributed by atoms with E-state index in [1.165, 1.54) is 18.4 Å². The second-order valence-electron chi connectivity index (χ2n) is 7.74. The van der Waals surface area contributed by atoms with E-state index in [9.17, 15) is 4.79 Å². The van der Waals surface area contributed by atoms with Gasteiger partial charge in [0.25, 0.3) is 5.91 Å². The zero-order chi connectivity index (χ0) is 17.1. The Morgan fingerprint density at radius 3 is 2.76 bits per heavy atom. The summed E-state index contributed by atoms with van der Waals surface area (Å²) in [6.07, 6.45) is 2.98. The molecule has 1 aromatic rings. The first kappa shape index (κ1) is 17.0. The van der Waals surface area contributed by atoms with Crippen molar-refractivity contribution in [1.29, 1.82) is 0 Å². The fourth-order valence-corrected chi connectivity index (χ4v) is 4.51. The molecule has 3 heterocycles. The van der Waals surface area contributed by atoms with Gasteiger partial charge >= 0.3 is 0 Å². The van der Waals surface area contributed by atoms with Crippen molar-refractivity contribution in [3.05, 3.63) is 35.9 Å². The van der Waals surface area contributed by atoms with Gasteiger partial charge in [-0.3, -0.25) is 9.69 Å². The van der Waals surface area contributed by atoms with Crippen LogP contribution in [0.2, 0.25) is 0 Å². The molecular formula is C20H28N2O3. The average molecular weight is 344 g/mol. The van der Waals surface area contributed by atoms with E-state index < -0.39 is 0 Å². The van der Waals surface area contributed by atoms with E-state index in [2.05, 4.69) is 35.2 Å². The molecule has 0 bridgehead atoms. The summed E-state index contributed by atoms with van der Waals surface area (Å²) >= 11 is 0. The van der Waals surface area contributed by atoms with Gasteiger partial charge in [-0.2, -0.15) is 0 Å². The van der Waals surface area contributed by atoms with Gasteiger partial charge in [-0.25, -0.2) is 0 Å². The summed E-state index contributed by atoms with van der Waals surface area (Å²) in [4.78, 5) is 17.2. The molecule has 3 aliphatic rings. The molecule has 1 spiro atoms. The van der Waals surface area contributed by atoms with Crippen LogP contribution in [0, 0.1) is 5.41 Å². The molecule has 25 heavy (non-hydrogen) atoms. The maximum Gasteiger partial charge on any atom is 0.251 e. The summed E-state index contributed by atoms with van der Waals surface area (Å²) in [5.74, 6) is 0.167. The van der Waals surface area contributed by atoms with Crippen LogP contribution >= 0.6 is 0 Å². The minimum Gasteiger partial charge on any atom is -0.378 e. The van der Waals surface area contributed by atoms with E-state index >= 15 is 0 Å². The van der Waals surface area contributed by atoms with Crippen molar-refractivity contribution < 1.29 is 14.3 Å². The number of likely N-dealkylation sites (tertiary alicyclic amines) is 1. The molecule has 1 aromatic carbocycles. The van der Waals surface area contributed by atoms with Crippen molar-refractivity contribution in [3.8, 4) is 0 Å². The Labute approximate surface area is 149 Å². The third-order valence-electron chi connectivity index (χ3n) is 5.80. The van der Waals surface area contributed by atoms with Gasteiger partial charge in [0.2, 0.25) is 0 Å². The predicted octanol–water partition coefficient (Wildman–Crippen LogP) is 1.92. The molecule has 4 rings (SSSR count). The van der Waals surface area contributed by atoms with E-state index in [1.807, 2.05) is 4.90 Å². The number of hydrogen-bond acceptors (Lipinski definition) is 4. The van der Waals surface area contributed by atoms with Crippen LogP contribution in [0.15, 0.2) is 30.3 Å². The highest BCUT2D eigenvalue weighted by atomic mass is 16.5. The lowest BCUT2D eigenvalue weighted by molar-refractivity contribution is -0.144. The zero-order valence-corrected chi connectivity index (χ0v) is 14.9. The molecule has 2 unspecified atom stereocenters. The molecule has 3 fully saturated rings. The summed E-state index contributed by atoms with van der Waals surface area (Å²) in [5, 5.41) is 0. The topological polar surface area (TPSA) is 42.0 Å². The van der Waals surface area contributed by atoms with Crippen molar-refractivity contribution >= 4 is 5.91 Å². The highest BCUT2D eigenvalue weighted by Crippen LogP contribution is 2.41. The van der Waals surface area contributed by atoms with Crippen LogP contribution in [0.25, 0.3) is 0 Å². The molecule has 2 atom stereocenters. The van der Waals surface area contributed by atoms with Crippen LogP contribution in [0.3, 0.4) is 0 Å². The second kappa shape index (κ2) is 7.44. The number of carbonyl (C=O) groups excluding carboxylic acids is 1.